The first-order valence-corrected chi connectivity index (χ1v) is 7.82. The Morgan fingerprint density at radius 1 is 1.29 bits per heavy atom. The Labute approximate surface area is 150 Å². The summed E-state index contributed by atoms with van der Waals surface area (Å²) in [5.41, 5.74) is 2.04. The van der Waals surface area contributed by atoms with Gasteiger partial charge in [-0.15, -0.1) is 0 Å². The van der Waals surface area contributed by atoms with E-state index < -0.39 is 0 Å². The number of nitrogens with zero attached hydrogens (tertiary/aromatic N) is 3. The molecule has 0 aliphatic heterocycles. The number of amides is 1. The van der Waals surface area contributed by atoms with E-state index in [1.54, 1.807) is 45.2 Å². The summed E-state index contributed by atoms with van der Waals surface area (Å²) in [6.07, 6.45) is 0. The van der Waals surface area contributed by atoms with Gasteiger partial charge in [0.1, 0.15) is 11.6 Å². The van der Waals surface area contributed by atoms with Gasteiger partial charge in [-0.25, -0.2) is 4.98 Å². The van der Waals surface area contributed by atoms with Gasteiger partial charge in [0, 0.05) is 17.8 Å². The number of hydrogen-bond acceptors (Lipinski definition) is 4. The Bertz CT molecular complexity index is 814. The van der Waals surface area contributed by atoms with Gasteiger partial charge in [-0.1, -0.05) is 23.2 Å². The number of nitriles is 1. The highest BCUT2D eigenvalue weighted by Gasteiger charge is 2.17. The maximum atomic E-state index is 12.3. The van der Waals surface area contributed by atoms with Crippen LogP contribution in [0.3, 0.4) is 0 Å². The zero-order valence-corrected chi connectivity index (χ0v) is 14.9. The Hall–Kier alpha value is -2.29. The Morgan fingerprint density at radius 3 is 2.50 bits per heavy atom. The van der Waals surface area contributed by atoms with Crippen molar-refractivity contribution in [2.45, 2.75) is 13.8 Å². The zero-order valence-electron chi connectivity index (χ0n) is 13.4. The van der Waals surface area contributed by atoms with Crippen molar-refractivity contribution in [2.24, 2.45) is 0 Å². The highest BCUT2D eigenvalue weighted by Crippen LogP contribution is 2.28. The predicted molar refractivity (Wildman–Crippen MR) is 93.8 cm³/mol. The van der Waals surface area contributed by atoms with E-state index in [1.807, 2.05) is 6.07 Å². The molecule has 0 bridgehead atoms. The number of ether oxygens (including phenoxy) is 1. The van der Waals surface area contributed by atoms with E-state index in [2.05, 4.69) is 4.98 Å². The van der Waals surface area contributed by atoms with Gasteiger partial charge in [0.05, 0.1) is 10.7 Å². The van der Waals surface area contributed by atoms with Gasteiger partial charge in [0.2, 0.25) is 5.88 Å². The van der Waals surface area contributed by atoms with Crippen molar-refractivity contribution >= 4 is 34.8 Å². The highest BCUT2D eigenvalue weighted by molar-refractivity contribution is 6.32. The van der Waals surface area contributed by atoms with Crippen LogP contribution >= 0.6 is 23.2 Å². The van der Waals surface area contributed by atoms with Crippen molar-refractivity contribution in [1.29, 1.82) is 5.26 Å². The second-order valence-corrected chi connectivity index (χ2v) is 5.96. The second kappa shape index (κ2) is 7.52. The summed E-state index contributed by atoms with van der Waals surface area (Å²) in [6, 6.07) is 8.87. The van der Waals surface area contributed by atoms with Crippen LogP contribution in [-0.4, -0.2) is 24.5 Å². The normalized spacial score (nSPS) is 10.2. The summed E-state index contributed by atoms with van der Waals surface area (Å²) < 4.78 is 5.46. The molecule has 0 atom stereocenters. The molecule has 0 saturated carbocycles. The van der Waals surface area contributed by atoms with E-state index in [0.717, 1.165) is 0 Å². The van der Waals surface area contributed by atoms with Gasteiger partial charge >= 0.3 is 0 Å². The number of pyridine rings is 1. The van der Waals surface area contributed by atoms with Crippen LogP contribution in [0.1, 0.15) is 16.8 Å². The van der Waals surface area contributed by atoms with Crippen LogP contribution in [0.15, 0.2) is 24.3 Å². The first-order valence-electron chi connectivity index (χ1n) is 7.07. The molecule has 0 radical (unpaired) electrons. The average molecular weight is 364 g/mol. The fourth-order valence-electron chi connectivity index (χ4n) is 2.07. The van der Waals surface area contributed by atoms with E-state index in [4.69, 9.17) is 27.9 Å². The first-order chi connectivity index (χ1) is 11.3. The van der Waals surface area contributed by atoms with Gasteiger partial charge < -0.3 is 9.64 Å². The molecular weight excluding hydrogens is 349 g/mol. The third-order valence-electron chi connectivity index (χ3n) is 3.54. The molecule has 24 heavy (non-hydrogen) atoms. The van der Waals surface area contributed by atoms with Crippen LogP contribution in [0.2, 0.25) is 10.0 Å². The third-order valence-corrected chi connectivity index (χ3v) is 4.35. The molecule has 1 aromatic heterocycles. The summed E-state index contributed by atoms with van der Waals surface area (Å²) in [5.74, 6) is -0.178. The first kappa shape index (κ1) is 18.1. The second-order valence-electron chi connectivity index (χ2n) is 5.15. The Kier molecular flexibility index (Phi) is 5.66. The molecule has 0 unspecified atom stereocenters. The molecule has 1 heterocycles. The van der Waals surface area contributed by atoms with Gasteiger partial charge in [-0.2, -0.15) is 5.26 Å². The van der Waals surface area contributed by atoms with Crippen molar-refractivity contribution in [2.75, 3.05) is 18.6 Å². The topological polar surface area (TPSA) is 66.2 Å². The fourth-order valence-corrected chi connectivity index (χ4v) is 2.33. The summed E-state index contributed by atoms with van der Waals surface area (Å²) in [6.45, 7) is 3.18. The number of carbonyl (C=O) groups is 1. The largest absolute Gasteiger partial charge is 0.467 e. The van der Waals surface area contributed by atoms with E-state index in [1.165, 1.54) is 4.90 Å². The molecule has 0 saturated heterocycles. The van der Waals surface area contributed by atoms with Crippen molar-refractivity contribution in [3.63, 3.8) is 0 Å². The molecule has 124 valence electrons. The van der Waals surface area contributed by atoms with E-state index >= 15 is 0 Å². The molecule has 5 nitrogen and oxygen atoms in total. The summed E-state index contributed by atoms with van der Waals surface area (Å²) in [4.78, 5) is 17.9. The van der Waals surface area contributed by atoms with Crippen LogP contribution in [-0.2, 0) is 4.79 Å². The number of likely N-dealkylation sites (N-methyl/N-ethyl adjacent to an activating group) is 1. The molecular formula is C17H15Cl2N3O2. The van der Waals surface area contributed by atoms with Gasteiger partial charge in [0.25, 0.3) is 5.91 Å². The number of anilines is 1. The van der Waals surface area contributed by atoms with E-state index in [9.17, 15) is 10.1 Å². The van der Waals surface area contributed by atoms with Crippen molar-refractivity contribution in [3.8, 4) is 11.9 Å². The standard InChI is InChI=1S/C17H15Cl2N3O2/c1-10-14(8-20)17(21-11(2)16(10)19)24-9-15(23)22(3)13-6-4-12(18)5-7-13/h4-7H,9H2,1-3H3. The minimum atomic E-state index is -0.284. The number of rotatable bonds is 4. The number of halogens is 2. The number of aryl methyl sites for hydroxylation is 1. The summed E-state index contributed by atoms with van der Waals surface area (Å²) in [5, 5.41) is 10.3. The predicted octanol–water partition coefficient (Wildman–Crippen LogP) is 3.92. The molecule has 7 heteroatoms. The van der Waals surface area contributed by atoms with Crippen molar-refractivity contribution < 1.29 is 9.53 Å². The number of benzene rings is 1. The highest BCUT2D eigenvalue weighted by atomic mass is 35.5. The fraction of sp³-hybridized carbons (Fsp3) is 0.235. The molecule has 0 N–H and O–H groups in total. The molecule has 1 aromatic carbocycles. The molecule has 2 aromatic rings. The maximum absolute atomic E-state index is 12.3. The number of aromatic nitrogens is 1. The minimum absolute atomic E-state index is 0.106. The number of hydrogen-bond donors (Lipinski definition) is 0. The van der Waals surface area contributed by atoms with Gasteiger partial charge in [-0.05, 0) is 43.7 Å². The van der Waals surface area contributed by atoms with Crippen LogP contribution in [0.5, 0.6) is 5.88 Å². The average Bonchev–Trinajstić information content (AvgIpc) is 2.57. The molecule has 1 amide bonds. The lowest BCUT2D eigenvalue weighted by atomic mass is 10.1. The quantitative estimate of drug-likeness (QED) is 0.825. The van der Waals surface area contributed by atoms with E-state index in [-0.39, 0.29) is 24.0 Å². The van der Waals surface area contributed by atoms with Crippen molar-refractivity contribution in [3.05, 3.63) is 51.1 Å². The van der Waals surface area contributed by atoms with Crippen LogP contribution < -0.4 is 9.64 Å². The molecule has 0 aliphatic rings. The van der Waals surface area contributed by atoms with Crippen molar-refractivity contribution in [1.82, 2.24) is 4.98 Å². The Balaban J connectivity index is 2.15. The smallest absolute Gasteiger partial charge is 0.264 e. The zero-order chi connectivity index (χ0) is 17.9. The van der Waals surface area contributed by atoms with Gasteiger partial charge in [0.15, 0.2) is 6.61 Å². The lowest BCUT2D eigenvalue weighted by Crippen LogP contribution is -2.31. The third kappa shape index (κ3) is 3.78. The lowest BCUT2D eigenvalue weighted by molar-refractivity contribution is -0.120. The maximum Gasteiger partial charge on any atom is 0.264 e. The van der Waals surface area contributed by atoms with Crippen LogP contribution in [0, 0.1) is 25.2 Å². The number of carbonyl (C=O) groups excluding carboxylic acids is 1. The molecule has 2 rings (SSSR count). The Morgan fingerprint density at radius 2 is 1.92 bits per heavy atom. The summed E-state index contributed by atoms with van der Waals surface area (Å²) >= 11 is 11.9. The van der Waals surface area contributed by atoms with Crippen LogP contribution in [0.4, 0.5) is 5.69 Å². The molecule has 0 aliphatic carbocycles. The monoisotopic (exact) mass is 363 g/mol. The van der Waals surface area contributed by atoms with Crippen LogP contribution in [0.25, 0.3) is 0 Å². The molecule has 0 spiro atoms. The lowest BCUT2D eigenvalue weighted by Gasteiger charge is -2.18. The van der Waals surface area contributed by atoms with Gasteiger partial charge in [-0.3, -0.25) is 4.79 Å². The van der Waals surface area contributed by atoms with E-state index in [0.29, 0.717) is 27.0 Å². The SMILES string of the molecule is Cc1nc(OCC(=O)N(C)c2ccc(Cl)cc2)c(C#N)c(C)c1Cl. The summed E-state index contributed by atoms with van der Waals surface area (Å²) in [7, 11) is 1.63. The molecule has 0 fully saturated rings. The minimum Gasteiger partial charge on any atom is -0.467 e.